The molecule has 0 spiro atoms. The fourth-order valence-electron chi connectivity index (χ4n) is 1.07. The fourth-order valence-corrected chi connectivity index (χ4v) is 1.07. The molecule has 1 atom stereocenters. The van der Waals surface area contributed by atoms with E-state index >= 15 is 0 Å². The van der Waals surface area contributed by atoms with Gasteiger partial charge >= 0.3 is 12.1 Å². The molecule has 1 heterocycles. The van der Waals surface area contributed by atoms with Crippen LogP contribution in [0.25, 0.3) is 0 Å². The van der Waals surface area contributed by atoms with Crippen LogP contribution in [0.4, 0.5) is 22.0 Å². The third-order valence-electron chi connectivity index (χ3n) is 1.96. The van der Waals surface area contributed by atoms with E-state index in [-0.39, 0.29) is 6.61 Å². The Bertz CT molecular complexity index is 187. The summed E-state index contributed by atoms with van der Waals surface area (Å²) >= 11 is 0. The Hall–Kier alpha value is -0.430. The molecule has 0 bridgehead atoms. The van der Waals surface area contributed by atoms with Gasteiger partial charge in [-0.05, 0) is 6.42 Å². The van der Waals surface area contributed by atoms with Crippen molar-refractivity contribution in [1.29, 1.82) is 0 Å². The minimum atomic E-state index is -5.49. The number of hydrogen-bond donors (Lipinski definition) is 1. The summed E-state index contributed by atoms with van der Waals surface area (Å²) in [4.78, 5) is 0. The zero-order chi connectivity index (χ0) is 10.8. The van der Waals surface area contributed by atoms with Crippen molar-refractivity contribution in [3.05, 3.63) is 0 Å². The summed E-state index contributed by atoms with van der Waals surface area (Å²) < 4.78 is 64.6. The summed E-state index contributed by atoms with van der Waals surface area (Å²) in [5, 5.41) is 2.13. The topological polar surface area (TPSA) is 21.3 Å². The largest absolute Gasteiger partial charge is 0.454 e. The van der Waals surface area contributed by atoms with Crippen molar-refractivity contribution >= 4 is 0 Å². The third-order valence-corrected chi connectivity index (χ3v) is 1.96. The Morgan fingerprint density at radius 2 is 1.86 bits per heavy atom. The number of rotatable bonds is 3. The van der Waals surface area contributed by atoms with Gasteiger partial charge in [0, 0.05) is 12.6 Å². The van der Waals surface area contributed by atoms with Crippen molar-refractivity contribution in [3.8, 4) is 0 Å². The molecule has 84 valence electrons. The molecule has 1 N–H and O–H groups in total. The van der Waals surface area contributed by atoms with Crippen LogP contribution < -0.4 is 5.32 Å². The van der Waals surface area contributed by atoms with E-state index in [1.54, 1.807) is 0 Å². The van der Waals surface area contributed by atoms with Crippen LogP contribution in [-0.2, 0) is 4.74 Å². The number of ether oxygens (including phenoxy) is 1. The summed E-state index contributed by atoms with van der Waals surface area (Å²) in [5.41, 5.74) is 0. The number of hydrogen-bond acceptors (Lipinski definition) is 2. The molecule has 0 saturated carbocycles. The number of halogens is 5. The van der Waals surface area contributed by atoms with Crippen LogP contribution >= 0.6 is 0 Å². The molecule has 1 aliphatic rings. The smallest absolute Gasteiger partial charge is 0.380 e. The first-order valence-electron chi connectivity index (χ1n) is 4.08. The Morgan fingerprint density at radius 3 is 2.29 bits per heavy atom. The van der Waals surface area contributed by atoms with Gasteiger partial charge in [-0.2, -0.15) is 22.0 Å². The van der Waals surface area contributed by atoms with Gasteiger partial charge in [0.15, 0.2) is 0 Å². The van der Waals surface area contributed by atoms with Gasteiger partial charge in [0.25, 0.3) is 0 Å². The Balaban J connectivity index is 2.35. The average molecular weight is 219 g/mol. The van der Waals surface area contributed by atoms with Crippen molar-refractivity contribution in [2.75, 3.05) is 19.8 Å². The minimum Gasteiger partial charge on any atom is -0.380 e. The molecular weight excluding hydrogens is 209 g/mol. The van der Waals surface area contributed by atoms with Gasteiger partial charge in [0.1, 0.15) is 0 Å². The van der Waals surface area contributed by atoms with E-state index in [1.807, 2.05) is 0 Å². The second-order valence-corrected chi connectivity index (χ2v) is 3.14. The molecule has 1 rings (SSSR count). The maximum absolute atomic E-state index is 12.4. The zero-order valence-electron chi connectivity index (χ0n) is 7.20. The molecule has 0 amide bonds. The molecule has 1 saturated heterocycles. The standard InChI is InChI=1S/C7H10F5NO/c8-6(9,7(10,11)12)4-13-5-1-2-14-3-5/h5,13H,1-4H2/t5-/m1/s1. The van der Waals surface area contributed by atoms with E-state index < -0.39 is 24.7 Å². The monoisotopic (exact) mass is 219 g/mol. The van der Waals surface area contributed by atoms with Crippen LogP contribution in [-0.4, -0.2) is 37.9 Å². The highest BCUT2D eigenvalue weighted by molar-refractivity contribution is 4.81. The maximum atomic E-state index is 12.4. The van der Waals surface area contributed by atoms with Gasteiger partial charge in [-0.1, -0.05) is 0 Å². The van der Waals surface area contributed by atoms with Gasteiger partial charge in [-0.3, -0.25) is 0 Å². The van der Waals surface area contributed by atoms with Crippen molar-refractivity contribution in [2.24, 2.45) is 0 Å². The molecule has 1 fully saturated rings. The van der Waals surface area contributed by atoms with E-state index in [2.05, 4.69) is 5.32 Å². The summed E-state index contributed by atoms with van der Waals surface area (Å²) in [6.07, 6.45) is -5.02. The molecule has 0 aromatic heterocycles. The highest BCUT2D eigenvalue weighted by Gasteiger charge is 2.57. The molecule has 0 unspecified atom stereocenters. The lowest BCUT2D eigenvalue weighted by Gasteiger charge is -2.21. The zero-order valence-corrected chi connectivity index (χ0v) is 7.20. The fraction of sp³-hybridized carbons (Fsp3) is 1.00. The van der Waals surface area contributed by atoms with E-state index in [4.69, 9.17) is 4.74 Å². The lowest BCUT2D eigenvalue weighted by atomic mass is 10.2. The van der Waals surface area contributed by atoms with Crippen molar-refractivity contribution in [1.82, 2.24) is 5.32 Å². The van der Waals surface area contributed by atoms with Crippen LogP contribution in [0.2, 0.25) is 0 Å². The van der Waals surface area contributed by atoms with Gasteiger partial charge < -0.3 is 10.1 Å². The number of alkyl halides is 5. The van der Waals surface area contributed by atoms with Crippen LogP contribution in [0.1, 0.15) is 6.42 Å². The molecule has 0 aromatic carbocycles. The summed E-state index contributed by atoms with van der Waals surface area (Å²) in [6.45, 7) is -0.798. The number of nitrogens with one attached hydrogen (secondary N) is 1. The Morgan fingerprint density at radius 1 is 1.21 bits per heavy atom. The molecule has 14 heavy (non-hydrogen) atoms. The van der Waals surface area contributed by atoms with Crippen LogP contribution in [0.3, 0.4) is 0 Å². The molecule has 0 radical (unpaired) electrons. The van der Waals surface area contributed by atoms with Crippen molar-refractivity contribution in [3.63, 3.8) is 0 Å². The highest BCUT2D eigenvalue weighted by Crippen LogP contribution is 2.34. The van der Waals surface area contributed by atoms with Gasteiger partial charge in [0.05, 0.1) is 13.2 Å². The molecule has 0 aliphatic carbocycles. The van der Waals surface area contributed by atoms with E-state index in [0.717, 1.165) is 0 Å². The third kappa shape index (κ3) is 2.78. The first-order chi connectivity index (χ1) is 6.33. The Kier molecular flexibility index (Phi) is 3.31. The van der Waals surface area contributed by atoms with E-state index in [1.165, 1.54) is 0 Å². The first kappa shape index (κ1) is 11.6. The summed E-state index contributed by atoms with van der Waals surface area (Å²) in [6, 6.07) is -0.400. The lowest BCUT2D eigenvalue weighted by molar-refractivity contribution is -0.279. The van der Waals surface area contributed by atoms with Crippen LogP contribution in [0.15, 0.2) is 0 Å². The van der Waals surface area contributed by atoms with Crippen molar-refractivity contribution < 1.29 is 26.7 Å². The van der Waals surface area contributed by atoms with Crippen LogP contribution in [0.5, 0.6) is 0 Å². The predicted octanol–water partition coefficient (Wildman–Crippen LogP) is 1.56. The van der Waals surface area contributed by atoms with E-state index in [9.17, 15) is 22.0 Å². The normalized spacial score (nSPS) is 24.2. The average Bonchev–Trinajstić information content (AvgIpc) is 2.50. The summed E-state index contributed by atoms with van der Waals surface area (Å²) in [7, 11) is 0. The minimum absolute atomic E-state index is 0.188. The molecule has 1 aliphatic heterocycles. The van der Waals surface area contributed by atoms with Crippen molar-refractivity contribution in [2.45, 2.75) is 24.6 Å². The SMILES string of the molecule is FC(F)(F)C(F)(F)CN[C@@H]1CCOC1. The molecular formula is C7H10F5NO. The molecule has 0 aromatic rings. The molecule has 2 nitrogen and oxygen atoms in total. The van der Waals surface area contributed by atoms with Gasteiger partial charge in [-0.15, -0.1) is 0 Å². The molecule has 7 heteroatoms. The first-order valence-corrected chi connectivity index (χ1v) is 4.08. The second-order valence-electron chi connectivity index (χ2n) is 3.14. The summed E-state index contributed by atoms with van der Waals surface area (Å²) in [5.74, 6) is -4.67. The second kappa shape index (κ2) is 3.98. The maximum Gasteiger partial charge on any atom is 0.454 e. The van der Waals surface area contributed by atoms with Gasteiger partial charge in [0.2, 0.25) is 0 Å². The Labute approximate surface area is 77.4 Å². The van der Waals surface area contributed by atoms with Crippen LogP contribution in [0, 0.1) is 0 Å². The highest BCUT2D eigenvalue weighted by atomic mass is 19.4. The van der Waals surface area contributed by atoms with E-state index in [0.29, 0.717) is 13.0 Å². The quantitative estimate of drug-likeness (QED) is 0.727. The lowest BCUT2D eigenvalue weighted by Crippen LogP contribution is -2.48. The van der Waals surface area contributed by atoms with Gasteiger partial charge in [-0.25, -0.2) is 0 Å². The predicted molar refractivity (Wildman–Crippen MR) is 38.2 cm³/mol.